The molecule has 3 rings (SSSR count). The van der Waals surface area contributed by atoms with Crippen LogP contribution in [0.4, 0.5) is 0 Å². The molecule has 0 amide bonds. The van der Waals surface area contributed by atoms with Crippen LogP contribution in [0.15, 0.2) is 59.5 Å². The Balaban J connectivity index is 2.41. The molecule has 1 heterocycles. The quantitative estimate of drug-likeness (QED) is 0.784. The second-order valence-electron chi connectivity index (χ2n) is 4.85. The van der Waals surface area contributed by atoms with Crippen LogP contribution in [0.3, 0.4) is 0 Å². The van der Waals surface area contributed by atoms with Gasteiger partial charge in [-0.05, 0) is 42.8 Å². The first-order chi connectivity index (χ1) is 10.1. The summed E-state index contributed by atoms with van der Waals surface area (Å²) < 4.78 is 1.83. The summed E-state index contributed by atoms with van der Waals surface area (Å²) in [4.78, 5) is 23.1. The van der Waals surface area contributed by atoms with E-state index in [2.05, 4.69) is 0 Å². The molecule has 0 spiro atoms. The lowest BCUT2D eigenvalue weighted by molar-refractivity contribution is 0.0696. The van der Waals surface area contributed by atoms with E-state index in [1.165, 1.54) is 12.1 Å². The molecule has 0 unspecified atom stereocenters. The Morgan fingerprint density at radius 3 is 2.48 bits per heavy atom. The molecule has 2 aliphatic rings. The number of para-hydroxylation sites is 1. The largest absolute Gasteiger partial charge is 0.478 e. The van der Waals surface area contributed by atoms with E-state index < -0.39 is 5.97 Å². The summed E-state index contributed by atoms with van der Waals surface area (Å²) >= 11 is 0. The Hall–Kier alpha value is -2.88. The summed E-state index contributed by atoms with van der Waals surface area (Å²) in [5.74, 6) is -1.03. The van der Waals surface area contributed by atoms with Crippen molar-refractivity contribution in [2.24, 2.45) is 0 Å². The van der Waals surface area contributed by atoms with Gasteiger partial charge in [-0.1, -0.05) is 18.2 Å². The fourth-order valence-corrected chi connectivity index (χ4v) is 2.54. The molecule has 4 nitrogen and oxygen atoms in total. The molecule has 1 N–H and O–H groups in total. The number of benzene rings is 2. The first-order valence-corrected chi connectivity index (χ1v) is 6.52. The summed E-state index contributed by atoms with van der Waals surface area (Å²) in [5.41, 5.74) is 2.63. The zero-order chi connectivity index (χ0) is 15.0. The minimum absolute atomic E-state index is 0.161. The number of pyridine rings is 1. The van der Waals surface area contributed by atoms with Crippen LogP contribution < -0.4 is 5.43 Å². The first-order valence-electron chi connectivity index (χ1n) is 6.52. The van der Waals surface area contributed by atoms with Gasteiger partial charge in [-0.25, -0.2) is 4.79 Å². The van der Waals surface area contributed by atoms with E-state index in [0.29, 0.717) is 11.3 Å². The van der Waals surface area contributed by atoms with E-state index in [0.717, 1.165) is 11.3 Å². The molecule has 1 aliphatic carbocycles. The number of hydrogen-bond donors (Lipinski definition) is 1. The minimum atomic E-state index is -1.03. The monoisotopic (exact) mass is 279 g/mol. The molecule has 4 heteroatoms. The lowest BCUT2D eigenvalue weighted by Gasteiger charge is -2.19. The smallest absolute Gasteiger partial charge is 0.338 e. The van der Waals surface area contributed by atoms with Crippen molar-refractivity contribution in [3.8, 4) is 16.8 Å². The van der Waals surface area contributed by atoms with Crippen molar-refractivity contribution in [3.05, 3.63) is 76.2 Å². The van der Waals surface area contributed by atoms with Gasteiger partial charge in [-0.15, -0.1) is 0 Å². The third-order valence-corrected chi connectivity index (χ3v) is 3.53. The maximum atomic E-state index is 11.6. The first kappa shape index (κ1) is 13.1. The van der Waals surface area contributed by atoms with Gasteiger partial charge in [0.15, 0.2) is 5.43 Å². The van der Waals surface area contributed by atoms with Gasteiger partial charge in [0, 0.05) is 23.1 Å². The highest BCUT2D eigenvalue weighted by Gasteiger charge is 2.20. The number of carboxylic acid groups (broad SMARTS) is 1. The predicted molar refractivity (Wildman–Crippen MR) is 80.4 cm³/mol. The van der Waals surface area contributed by atoms with Crippen LogP contribution in [-0.2, 0) is 0 Å². The third kappa shape index (κ3) is 2.21. The average molecular weight is 279 g/mol. The summed E-state index contributed by atoms with van der Waals surface area (Å²) in [7, 11) is 0. The van der Waals surface area contributed by atoms with Crippen LogP contribution in [0.2, 0.25) is 0 Å². The molecule has 1 aromatic rings. The molecule has 0 saturated carbocycles. The lowest BCUT2D eigenvalue weighted by Crippen LogP contribution is -2.13. The van der Waals surface area contributed by atoms with Gasteiger partial charge in [-0.2, -0.15) is 0 Å². The van der Waals surface area contributed by atoms with Gasteiger partial charge >= 0.3 is 5.97 Å². The number of carboxylic acids is 1. The molecule has 0 saturated heterocycles. The van der Waals surface area contributed by atoms with Crippen molar-refractivity contribution < 1.29 is 9.90 Å². The van der Waals surface area contributed by atoms with Crippen LogP contribution in [0.25, 0.3) is 16.8 Å². The second-order valence-corrected chi connectivity index (χ2v) is 4.85. The van der Waals surface area contributed by atoms with Gasteiger partial charge < -0.3 is 9.67 Å². The Kier molecular flexibility index (Phi) is 3.06. The molecule has 0 bridgehead atoms. The maximum absolute atomic E-state index is 11.6. The van der Waals surface area contributed by atoms with Gasteiger partial charge in [0.1, 0.15) is 0 Å². The molecule has 0 atom stereocenters. The van der Waals surface area contributed by atoms with Crippen LogP contribution in [0.5, 0.6) is 0 Å². The topological polar surface area (TPSA) is 59.3 Å². The van der Waals surface area contributed by atoms with E-state index >= 15 is 0 Å². The molecule has 1 aromatic carbocycles. The average Bonchev–Trinajstić information content (AvgIpc) is 2.47. The summed E-state index contributed by atoms with van der Waals surface area (Å²) in [6.45, 7) is 1.74. The van der Waals surface area contributed by atoms with Gasteiger partial charge in [0.2, 0.25) is 0 Å². The number of aromatic nitrogens is 1. The van der Waals surface area contributed by atoms with Crippen molar-refractivity contribution in [1.29, 1.82) is 0 Å². The molecule has 1 aliphatic heterocycles. The molecule has 0 radical (unpaired) electrons. The van der Waals surface area contributed by atoms with Crippen LogP contribution >= 0.6 is 0 Å². The van der Waals surface area contributed by atoms with Crippen molar-refractivity contribution in [2.75, 3.05) is 0 Å². The molecule has 21 heavy (non-hydrogen) atoms. The summed E-state index contributed by atoms with van der Waals surface area (Å²) in [6.07, 6.45) is 1.85. The van der Waals surface area contributed by atoms with Crippen LogP contribution in [-0.4, -0.2) is 15.6 Å². The Morgan fingerprint density at radius 1 is 1.10 bits per heavy atom. The SMILES string of the molecule is Cc1c(C(=O)O)c2cc(=O)ccc-2cn1-c1ccccc1. The number of rotatable bonds is 2. The standard InChI is InChI=1S/C17H13NO3/c1-11-16(17(20)21)15-9-14(19)8-7-12(15)10-18(11)13-5-3-2-4-6-13/h2-10H,1H3,(H,20,21). The maximum Gasteiger partial charge on any atom is 0.338 e. The second kappa shape index (κ2) is 4.90. The van der Waals surface area contributed by atoms with Gasteiger partial charge in [0.05, 0.1) is 5.56 Å². The van der Waals surface area contributed by atoms with E-state index in [4.69, 9.17) is 0 Å². The fourth-order valence-electron chi connectivity index (χ4n) is 2.54. The number of nitrogens with zero attached hydrogens (tertiary/aromatic N) is 1. The number of fused-ring (bicyclic) bond motifs is 1. The van der Waals surface area contributed by atoms with E-state index in [1.807, 2.05) is 41.1 Å². The van der Waals surface area contributed by atoms with E-state index in [-0.39, 0.29) is 11.0 Å². The highest BCUT2D eigenvalue weighted by atomic mass is 16.4. The van der Waals surface area contributed by atoms with Crippen molar-refractivity contribution in [1.82, 2.24) is 4.57 Å². The molecular formula is C17H13NO3. The Morgan fingerprint density at radius 2 is 1.81 bits per heavy atom. The van der Waals surface area contributed by atoms with Crippen molar-refractivity contribution >= 4 is 5.97 Å². The lowest BCUT2D eigenvalue weighted by atomic mass is 9.97. The molecular weight excluding hydrogens is 266 g/mol. The predicted octanol–water partition coefficient (Wildman–Crippen LogP) is 2.95. The number of hydrogen-bond acceptors (Lipinski definition) is 2. The van der Waals surface area contributed by atoms with Crippen LogP contribution in [0.1, 0.15) is 16.1 Å². The highest BCUT2D eigenvalue weighted by molar-refractivity contribution is 5.97. The minimum Gasteiger partial charge on any atom is -0.478 e. The summed E-state index contributed by atoms with van der Waals surface area (Å²) in [5, 5.41) is 9.51. The zero-order valence-corrected chi connectivity index (χ0v) is 11.4. The highest BCUT2D eigenvalue weighted by Crippen LogP contribution is 2.29. The normalized spacial score (nSPS) is 10.7. The molecule has 0 aromatic heterocycles. The van der Waals surface area contributed by atoms with E-state index in [1.54, 1.807) is 13.0 Å². The Bertz CT molecular complexity index is 850. The third-order valence-electron chi connectivity index (χ3n) is 3.53. The summed E-state index contributed by atoms with van der Waals surface area (Å²) in [6, 6.07) is 14.0. The van der Waals surface area contributed by atoms with Gasteiger partial charge in [-0.3, -0.25) is 4.79 Å². The fraction of sp³-hybridized carbons (Fsp3) is 0.0588. The molecule has 0 fully saturated rings. The van der Waals surface area contributed by atoms with Crippen molar-refractivity contribution in [2.45, 2.75) is 6.92 Å². The van der Waals surface area contributed by atoms with E-state index in [9.17, 15) is 14.7 Å². The Labute approximate surface area is 121 Å². The molecule has 104 valence electrons. The zero-order valence-electron chi connectivity index (χ0n) is 11.4. The number of carbonyl (C=O) groups is 1. The van der Waals surface area contributed by atoms with Crippen LogP contribution in [0, 0.1) is 6.92 Å². The van der Waals surface area contributed by atoms with Crippen molar-refractivity contribution in [3.63, 3.8) is 0 Å². The van der Waals surface area contributed by atoms with Gasteiger partial charge in [0.25, 0.3) is 0 Å². The number of aromatic carboxylic acids is 1.